The highest BCUT2D eigenvalue weighted by atomic mass is 19.1. The zero-order valence-electron chi connectivity index (χ0n) is 14.3. The summed E-state index contributed by atoms with van der Waals surface area (Å²) < 4.78 is 21.8. The molecule has 0 unspecified atom stereocenters. The van der Waals surface area contributed by atoms with E-state index in [9.17, 15) is 9.18 Å². The van der Waals surface area contributed by atoms with Crippen molar-refractivity contribution in [2.45, 2.75) is 19.1 Å². The highest BCUT2D eigenvalue weighted by molar-refractivity contribution is 5.78. The maximum atomic E-state index is 14.5. The second kappa shape index (κ2) is 7.17. The Morgan fingerprint density at radius 2 is 2.04 bits per heavy atom. The van der Waals surface area contributed by atoms with Crippen LogP contribution in [0.2, 0.25) is 0 Å². The highest BCUT2D eigenvalue weighted by Crippen LogP contribution is 2.33. The molecule has 1 aliphatic rings. The van der Waals surface area contributed by atoms with Crippen LogP contribution < -0.4 is 5.32 Å². The molecule has 1 amide bonds. The molecule has 0 spiro atoms. The van der Waals surface area contributed by atoms with Gasteiger partial charge in [-0.3, -0.25) is 9.69 Å². The lowest BCUT2D eigenvalue weighted by molar-refractivity contribution is -0.123. The maximum Gasteiger partial charge on any atom is 0.234 e. The van der Waals surface area contributed by atoms with Gasteiger partial charge in [0.1, 0.15) is 11.6 Å². The van der Waals surface area contributed by atoms with Crippen molar-refractivity contribution in [2.75, 3.05) is 13.1 Å². The third-order valence-corrected chi connectivity index (χ3v) is 4.72. The van der Waals surface area contributed by atoms with E-state index < -0.39 is 0 Å². The topological polar surface area (TPSA) is 50.4 Å². The van der Waals surface area contributed by atoms with E-state index in [0.29, 0.717) is 24.4 Å². The Labute approximate surface area is 151 Å². The van der Waals surface area contributed by atoms with Crippen molar-refractivity contribution < 1.29 is 13.6 Å². The van der Waals surface area contributed by atoms with E-state index in [-0.39, 0.29) is 24.3 Å². The van der Waals surface area contributed by atoms with E-state index in [1.165, 1.54) is 6.07 Å². The van der Waals surface area contributed by atoms with Gasteiger partial charge in [-0.2, -0.15) is 0 Å². The first-order chi connectivity index (χ1) is 12.7. The number of hydrogen-bond acceptors (Lipinski definition) is 3. The largest absolute Gasteiger partial charge is 0.467 e. The Kier molecular flexibility index (Phi) is 4.58. The van der Waals surface area contributed by atoms with E-state index in [1.54, 1.807) is 24.5 Å². The van der Waals surface area contributed by atoms with Crippen molar-refractivity contribution in [3.8, 4) is 0 Å². The maximum absolute atomic E-state index is 14.5. The lowest BCUT2D eigenvalue weighted by atomic mass is 9.99. The summed E-state index contributed by atoms with van der Waals surface area (Å²) in [5.41, 5.74) is 1.59. The van der Waals surface area contributed by atoms with Gasteiger partial charge in [0.25, 0.3) is 0 Å². The number of nitrogens with one attached hydrogen (secondary N) is 1. The molecule has 6 heteroatoms. The van der Waals surface area contributed by atoms with E-state index in [0.717, 1.165) is 12.2 Å². The van der Waals surface area contributed by atoms with Crippen LogP contribution in [0.15, 0.2) is 65.4 Å². The van der Waals surface area contributed by atoms with E-state index in [1.807, 2.05) is 35.4 Å². The third kappa shape index (κ3) is 3.28. The smallest absolute Gasteiger partial charge is 0.234 e. The number of hydrogen-bond donors (Lipinski definition) is 1. The first-order valence-electron chi connectivity index (χ1n) is 8.65. The molecule has 3 heterocycles. The molecule has 0 fully saturated rings. The minimum absolute atomic E-state index is 0.109. The number of nitrogens with zero attached hydrogens (tertiary/aromatic N) is 2. The molecule has 5 nitrogen and oxygen atoms in total. The fraction of sp³-hybridized carbons (Fsp3) is 0.250. The molecule has 0 radical (unpaired) electrons. The summed E-state index contributed by atoms with van der Waals surface area (Å²) in [6, 6.07) is 14.0. The van der Waals surface area contributed by atoms with Crippen molar-refractivity contribution in [3.05, 3.63) is 83.8 Å². The van der Waals surface area contributed by atoms with Crippen molar-refractivity contribution in [3.63, 3.8) is 0 Å². The van der Waals surface area contributed by atoms with E-state index in [4.69, 9.17) is 4.42 Å². The van der Waals surface area contributed by atoms with Crippen molar-refractivity contribution >= 4 is 5.91 Å². The van der Waals surface area contributed by atoms with Gasteiger partial charge in [0, 0.05) is 30.5 Å². The lowest BCUT2D eigenvalue weighted by Crippen LogP contribution is -2.44. The molecule has 26 heavy (non-hydrogen) atoms. The summed E-state index contributed by atoms with van der Waals surface area (Å²) in [6.07, 6.45) is 3.58. The predicted molar refractivity (Wildman–Crippen MR) is 94.8 cm³/mol. The van der Waals surface area contributed by atoms with Gasteiger partial charge in [0.2, 0.25) is 5.91 Å². The van der Waals surface area contributed by atoms with Crippen LogP contribution in [0.25, 0.3) is 0 Å². The van der Waals surface area contributed by atoms with Crippen molar-refractivity contribution in [1.29, 1.82) is 0 Å². The van der Waals surface area contributed by atoms with Crippen LogP contribution in [0, 0.1) is 5.82 Å². The fourth-order valence-corrected chi connectivity index (χ4v) is 3.49. The van der Waals surface area contributed by atoms with Gasteiger partial charge in [-0.15, -0.1) is 0 Å². The molecule has 1 aliphatic heterocycles. The number of benzene rings is 1. The number of amides is 1. The predicted octanol–water partition coefficient (Wildman–Crippen LogP) is 2.94. The average Bonchev–Trinajstić information content (AvgIpc) is 3.32. The summed E-state index contributed by atoms with van der Waals surface area (Å²) in [4.78, 5) is 14.4. The Morgan fingerprint density at radius 1 is 1.15 bits per heavy atom. The quantitative estimate of drug-likeness (QED) is 0.767. The molecule has 0 bridgehead atoms. The number of carbonyl (C=O) groups is 1. The highest BCUT2D eigenvalue weighted by Gasteiger charge is 2.31. The Bertz CT molecular complexity index is 888. The number of fused-ring (bicyclic) bond motifs is 1. The SMILES string of the molecule is O=C(CN1CCn2cccc2[C@@H]1c1ccccc1F)NCc1ccco1. The molecule has 3 aromatic rings. The summed E-state index contributed by atoms with van der Waals surface area (Å²) in [5.74, 6) is 0.340. The van der Waals surface area contributed by atoms with Crippen LogP contribution in [0.5, 0.6) is 0 Å². The number of rotatable bonds is 5. The Morgan fingerprint density at radius 3 is 2.85 bits per heavy atom. The Hall–Kier alpha value is -2.86. The van der Waals surface area contributed by atoms with E-state index in [2.05, 4.69) is 9.88 Å². The molecular formula is C20H20FN3O2. The van der Waals surface area contributed by atoms with Gasteiger partial charge in [0.05, 0.1) is 25.4 Å². The average molecular weight is 353 g/mol. The van der Waals surface area contributed by atoms with Crippen LogP contribution >= 0.6 is 0 Å². The minimum Gasteiger partial charge on any atom is -0.467 e. The monoisotopic (exact) mass is 353 g/mol. The lowest BCUT2D eigenvalue weighted by Gasteiger charge is -2.37. The van der Waals surface area contributed by atoms with Crippen molar-refractivity contribution in [2.24, 2.45) is 0 Å². The summed E-state index contributed by atoms with van der Waals surface area (Å²) in [6.45, 7) is 2.00. The standard InChI is InChI=1S/C20H20FN3O2/c21-17-7-2-1-6-16(17)20-18-8-3-9-23(18)10-11-24(20)14-19(25)22-13-15-5-4-12-26-15/h1-9,12,20H,10-11,13-14H2,(H,22,25)/t20-/m0/s1. The third-order valence-electron chi connectivity index (χ3n) is 4.72. The molecule has 134 valence electrons. The number of halogens is 1. The normalized spacial score (nSPS) is 17.0. The molecule has 0 saturated heterocycles. The van der Waals surface area contributed by atoms with Gasteiger partial charge < -0.3 is 14.3 Å². The summed E-state index contributed by atoms with van der Waals surface area (Å²) >= 11 is 0. The second-order valence-electron chi connectivity index (χ2n) is 6.38. The first kappa shape index (κ1) is 16.6. The van der Waals surface area contributed by atoms with Gasteiger partial charge in [-0.1, -0.05) is 18.2 Å². The zero-order chi connectivity index (χ0) is 17.9. The van der Waals surface area contributed by atoms with Crippen LogP contribution in [-0.4, -0.2) is 28.5 Å². The zero-order valence-corrected chi connectivity index (χ0v) is 14.3. The fourth-order valence-electron chi connectivity index (χ4n) is 3.49. The summed E-state index contributed by atoms with van der Waals surface area (Å²) in [7, 11) is 0. The molecule has 4 rings (SSSR count). The molecule has 0 saturated carbocycles. The molecular weight excluding hydrogens is 333 g/mol. The first-order valence-corrected chi connectivity index (χ1v) is 8.65. The van der Waals surface area contributed by atoms with E-state index >= 15 is 0 Å². The second-order valence-corrected chi connectivity index (χ2v) is 6.38. The molecule has 2 aromatic heterocycles. The molecule has 1 aromatic carbocycles. The van der Waals surface area contributed by atoms with Gasteiger partial charge >= 0.3 is 0 Å². The number of furan rings is 1. The molecule has 0 aliphatic carbocycles. The molecule has 1 N–H and O–H groups in total. The summed E-state index contributed by atoms with van der Waals surface area (Å²) in [5, 5.41) is 2.86. The van der Waals surface area contributed by atoms with Crippen LogP contribution in [0.4, 0.5) is 4.39 Å². The van der Waals surface area contributed by atoms with Crippen LogP contribution in [0.3, 0.4) is 0 Å². The number of aromatic nitrogens is 1. The Balaban J connectivity index is 1.54. The van der Waals surface area contributed by atoms with Gasteiger partial charge in [-0.05, 0) is 30.3 Å². The van der Waals surface area contributed by atoms with Crippen LogP contribution in [0.1, 0.15) is 23.1 Å². The van der Waals surface area contributed by atoms with Gasteiger partial charge in [0.15, 0.2) is 0 Å². The minimum atomic E-state index is -0.283. The molecule has 1 atom stereocenters. The van der Waals surface area contributed by atoms with Gasteiger partial charge in [-0.25, -0.2) is 4.39 Å². The number of carbonyl (C=O) groups excluding carboxylic acids is 1. The van der Waals surface area contributed by atoms with Crippen LogP contribution in [-0.2, 0) is 17.9 Å². The van der Waals surface area contributed by atoms with Crippen molar-refractivity contribution in [1.82, 2.24) is 14.8 Å².